The molecule has 1 aromatic carbocycles. The molecule has 3 amide bonds. The van der Waals surface area contributed by atoms with E-state index in [1.165, 1.54) is 19.3 Å². The number of benzene rings is 1. The number of amides is 3. The van der Waals surface area contributed by atoms with Crippen LogP contribution in [0.4, 0.5) is 0 Å². The highest BCUT2D eigenvalue weighted by atomic mass is 16.5. The van der Waals surface area contributed by atoms with Crippen LogP contribution in [0, 0.1) is 23.2 Å². The van der Waals surface area contributed by atoms with Crippen LogP contribution in [0.1, 0.15) is 48.9 Å². The zero-order chi connectivity index (χ0) is 21.1. The summed E-state index contributed by atoms with van der Waals surface area (Å²) in [6.07, 6.45) is 6.83. The van der Waals surface area contributed by atoms with Crippen molar-refractivity contribution in [3.05, 3.63) is 29.8 Å². The lowest BCUT2D eigenvalue weighted by Crippen LogP contribution is -2.54. The normalized spacial score (nSPS) is 28.6. The molecular weight excluding hydrogens is 382 g/mol. The lowest BCUT2D eigenvalue weighted by Gasteiger charge is -2.55. The van der Waals surface area contributed by atoms with Crippen LogP contribution in [0.5, 0.6) is 5.75 Å². The van der Waals surface area contributed by atoms with Crippen molar-refractivity contribution in [2.75, 3.05) is 26.7 Å². The highest BCUT2D eigenvalue weighted by Crippen LogP contribution is 2.60. The fourth-order valence-electron chi connectivity index (χ4n) is 6.02. The van der Waals surface area contributed by atoms with Gasteiger partial charge in [0.1, 0.15) is 5.75 Å². The molecule has 0 aliphatic heterocycles. The number of carbonyl (C=O) groups is 3. The first-order chi connectivity index (χ1) is 14.5. The lowest BCUT2D eigenvalue weighted by molar-refractivity contribution is -0.147. The standard InChI is InChI=1S/C23H31N3O4/c1-30-19-4-2-18(3-5-19)21(28)25-7-6-24-20(27)14-26-22(29)23-11-15-8-16(12-23)10-17(9-15)13-23/h2-5,15-17H,6-14H2,1H3,(H,24,27)(H,25,28)(H,26,29). The number of ether oxygens (including phenoxy) is 1. The van der Waals surface area contributed by atoms with Crippen molar-refractivity contribution in [2.24, 2.45) is 23.2 Å². The minimum Gasteiger partial charge on any atom is -0.497 e. The molecule has 30 heavy (non-hydrogen) atoms. The summed E-state index contributed by atoms with van der Waals surface area (Å²) in [6, 6.07) is 6.83. The number of hydrogen-bond donors (Lipinski definition) is 3. The van der Waals surface area contributed by atoms with Crippen LogP contribution < -0.4 is 20.7 Å². The Morgan fingerprint density at radius 1 is 0.900 bits per heavy atom. The molecule has 0 radical (unpaired) electrons. The Kier molecular flexibility index (Phi) is 5.97. The topological polar surface area (TPSA) is 96.5 Å². The fourth-order valence-corrected chi connectivity index (χ4v) is 6.02. The van der Waals surface area contributed by atoms with Crippen LogP contribution in [0.25, 0.3) is 0 Å². The maximum Gasteiger partial charge on any atom is 0.251 e. The van der Waals surface area contributed by atoms with Crippen molar-refractivity contribution in [1.82, 2.24) is 16.0 Å². The molecule has 5 rings (SSSR count). The van der Waals surface area contributed by atoms with Crippen molar-refractivity contribution in [3.63, 3.8) is 0 Å². The second-order valence-electron chi connectivity index (χ2n) is 9.21. The Balaban J connectivity index is 1.15. The number of methoxy groups -OCH3 is 1. The summed E-state index contributed by atoms with van der Waals surface area (Å²) in [5.41, 5.74) is 0.298. The first-order valence-electron chi connectivity index (χ1n) is 10.9. The zero-order valence-corrected chi connectivity index (χ0v) is 17.5. The van der Waals surface area contributed by atoms with E-state index in [1.807, 2.05) is 0 Å². The molecule has 4 saturated carbocycles. The molecule has 4 bridgehead atoms. The van der Waals surface area contributed by atoms with Gasteiger partial charge in [0, 0.05) is 24.1 Å². The van der Waals surface area contributed by atoms with Gasteiger partial charge in [0.15, 0.2) is 0 Å². The Morgan fingerprint density at radius 3 is 2.03 bits per heavy atom. The smallest absolute Gasteiger partial charge is 0.251 e. The summed E-state index contributed by atoms with van der Waals surface area (Å²) in [7, 11) is 1.57. The van der Waals surface area contributed by atoms with Gasteiger partial charge in [-0.1, -0.05) is 0 Å². The second kappa shape index (κ2) is 8.66. The third kappa shape index (κ3) is 4.45. The maximum atomic E-state index is 12.9. The molecule has 7 heteroatoms. The van der Waals surface area contributed by atoms with Gasteiger partial charge in [-0.2, -0.15) is 0 Å². The van der Waals surface area contributed by atoms with E-state index in [9.17, 15) is 14.4 Å². The summed E-state index contributed by atoms with van der Waals surface area (Å²) in [4.78, 5) is 37.1. The molecule has 0 aromatic heterocycles. The molecule has 0 heterocycles. The van der Waals surface area contributed by atoms with E-state index in [0.717, 1.165) is 19.3 Å². The lowest BCUT2D eigenvalue weighted by atomic mass is 9.49. The van der Waals surface area contributed by atoms with Crippen LogP contribution in [0.15, 0.2) is 24.3 Å². The van der Waals surface area contributed by atoms with E-state index in [1.54, 1.807) is 31.4 Å². The molecule has 7 nitrogen and oxygen atoms in total. The average molecular weight is 414 g/mol. The van der Waals surface area contributed by atoms with Crippen molar-refractivity contribution >= 4 is 17.7 Å². The number of nitrogens with one attached hydrogen (secondary N) is 3. The Bertz CT molecular complexity index is 770. The molecule has 4 aliphatic rings. The average Bonchev–Trinajstić information content (AvgIpc) is 2.74. The highest BCUT2D eigenvalue weighted by molar-refractivity contribution is 5.94. The Hall–Kier alpha value is -2.57. The van der Waals surface area contributed by atoms with E-state index in [0.29, 0.717) is 42.2 Å². The third-order valence-electron chi connectivity index (χ3n) is 7.01. The first kappa shape index (κ1) is 20.7. The number of carbonyl (C=O) groups excluding carboxylic acids is 3. The van der Waals surface area contributed by atoms with E-state index in [2.05, 4.69) is 16.0 Å². The predicted octanol–water partition coefficient (Wildman–Crippen LogP) is 1.87. The van der Waals surface area contributed by atoms with Crippen molar-refractivity contribution < 1.29 is 19.1 Å². The summed E-state index contributed by atoms with van der Waals surface area (Å²) in [5.74, 6) is 2.41. The van der Waals surface area contributed by atoms with E-state index in [4.69, 9.17) is 4.74 Å². The fraction of sp³-hybridized carbons (Fsp3) is 0.609. The summed E-state index contributed by atoms with van der Waals surface area (Å²) in [5, 5.41) is 8.39. The third-order valence-corrected chi connectivity index (χ3v) is 7.01. The van der Waals surface area contributed by atoms with Crippen molar-refractivity contribution in [2.45, 2.75) is 38.5 Å². The van der Waals surface area contributed by atoms with E-state index < -0.39 is 0 Å². The van der Waals surface area contributed by atoms with Crippen LogP contribution in [-0.4, -0.2) is 44.5 Å². The van der Waals surface area contributed by atoms with Crippen LogP contribution >= 0.6 is 0 Å². The summed E-state index contributed by atoms with van der Waals surface area (Å²) in [6.45, 7) is 0.625. The van der Waals surface area contributed by atoms with Gasteiger partial charge in [-0.05, 0) is 80.5 Å². The minimum absolute atomic E-state index is 0.00693. The molecular formula is C23H31N3O4. The number of hydrogen-bond acceptors (Lipinski definition) is 4. The molecule has 0 atom stereocenters. The van der Waals surface area contributed by atoms with Crippen LogP contribution in [0.3, 0.4) is 0 Å². The van der Waals surface area contributed by atoms with Gasteiger partial charge in [-0.15, -0.1) is 0 Å². The molecule has 0 unspecified atom stereocenters. The van der Waals surface area contributed by atoms with Gasteiger partial charge in [-0.25, -0.2) is 0 Å². The molecule has 4 fully saturated rings. The monoisotopic (exact) mass is 413 g/mol. The van der Waals surface area contributed by atoms with Gasteiger partial charge in [0.25, 0.3) is 5.91 Å². The Morgan fingerprint density at radius 2 is 1.47 bits per heavy atom. The molecule has 162 valence electrons. The minimum atomic E-state index is -0.235. The van der Waals surface area contributed by atoms with Crippen LogP contribution in [-0.2, 0) is 9.59 Å². The van der Waals surface area contributed by atoms with E-state index in [-0.39, 0.29) is 29.7 Å². The predicted molar refractivity (Wildman–Crippen MR) is 112 cm³/mol. The zero-order valence-electron chi connectivity index (χ0n) is 17.5. The summed E-state index contributed by atoms with van der Waals surface area (Å²) >= 11 is 0. The van der Waals surface area contributed by atoms with Gasteiger partial charge >= 0.3 is 0 Å². The molecule has 1 aromatic rings. The molecule has 4 aliphatic carbocycles. The SMILES string of the molecule is COc1ccc(C(=O)NCCNC(=O)CNC(=O)C23CC4CC(CC(C4)C2)C3)cc1. The van der Waals surface area contributed by atoms with Gasteiger partial charge in [0.2, 0.25) is 11.8 Å². The van der Waals surface area contributed by atoms with Crippen LogP contribution in [0.2, 0.25) is 0 Å². The Labute approximate surface area is 177 Å². The first-order valence-corrected chi connectivity index (χ1v) is 10.9. The maximum absolute atomic E-state index is 12.9. The highest BCUT2D eigenvalue weighted by Gasteiger charge is 2.54. The molecule has 0 spiro atoms. The summed E-state index contributed by atoms with van der Waals surface area (Å²) < 4.78 is 5.07. The van der Waals surface area contributed by atoms with Gasteiger partial charge in [0.05, 0.1) is 13.7 Å². The van der Waals surface area contributed by atoms with Crippen molar-refractivity contribution in [3.8, 4) is 5.75 Å². The van der Waals surface area contributed by atoms with Crippen molar-refractivity contribution in [1.29, 1.82) is 0 Å². The second-order valence-corrected chi connectivity index (χ2v) is 9.21. The molecule has 3 N–H and O–H groups in total. The van der Waals surface area contributed by atoms with Gasteiger partial charge in [-0.3, -0.25) is 14.4 Å². The number of rotatable bonds is 8. The largest absolute Gasteiger partial charge is 0.497 e. The quantitative estimate of drug-likeness (QED) is 0.567. The van der Waals surface area contributed by atoms with E-state index >= 15 is 0 Å². The van der Waals surface area contributed by atoms with Gasteiger partial charge < -0.3 is 20.7 Å². The molecule has 0 saturated heterocycles.